The molecule has 1 aromatic heterocycles. The average molecular weight is 382 g/mol. The van der Waals surface area contributed by atoms with Gasteiger partial charge >= 0.3 is 5.25 Å². The predicted molar refractivity (Wildman–Crippen MR) is 90.6 cm³/mol. The lowest BCUT2D eigenvalue weighted by atomic mass is 9.87. The fraction of sp³-hybridized carbons (Fsp3) is 0.667. The molecule has 1 rings (SSSR count). The van der Waals surface area contributed by atoms with Gasteiger partial charge in [0.05, 0.1) is 15.7 Å². The first-order chi connectivity index (χ1) is 10.6. The molecule has 0 aliphatic carbocycles. The second kappa shape index (κ2) is 6.76. The number of hydrogen-bond donors (Lipinski definition) is 1. The number of rotatable bonds is 5. The number of nitrogens with zero attached hydrogens (tertiary/aromatic N) is 1. The van der Waals surface area contributed by atoms with E-state index >= 15 is 0 Å². The monoisotopic (exact) mass is 382 g/mol. The van der Waals surface area contributed by atoms with E-state index in [9.17, 15) is 21.4 Å². The lowest BCUT2D eigenvalue weighted by Gasteiger charge is -2.37. The maximum absolute atomic E-state index is 15.0. The Morgan fingerprint density at radius 3 is 2.04 bits per heavy atom. The van der Waals surface area contributed by atoms with E-state index in [1.165, 1.54) is 32.9 Å². The molecule has 0 aliphatic heterocycles. The molecule has 0 radical (unpaired) electrons. The van der Waals surface area contributed by atoms with Gasteiger partial charge in [0.1, 0.15) is 6.04 Å². The molecule has 1 aromatic rings. The molecule has 0 fully saturated rings. The molecule has 0 aromatic carbocycles. The zero-order chi connectivity index (χ0) is 19.0. The third-order valence-electron chi connectivity index (χ3n) is 3.25. The summed E-state index contributed by atoms with van der Waals surface area (Å²) in [6.07, 6.45) is 1.13. The van der Waals surface area contributed by atoms with Crippen LogP contribution in [-0.4, -0.2) is 33.7 Å². The Morgan fingerprint density at radius 1 is 1.12 bits per heavy atom. The number of nitrogens with one attached hydrogen (secondary N) is 1. The number of hydrogen-bond acceptors (Lipinski definition) is 4. The third kappa shape index (κ3) is 4.37. The summed E-state index contributed by atoms with van der Waals surface area (Å²) in [5.74, 6) is 0. The van der Waals surface area contributed by atoms with E-state index in [0.29, 0.717) is 0 Å². The molecule has 9 heteroatoms. The Hall–Kier alpha value is -0.930. The molecule has 138 valence electrons. The Morgan fingerprint density at radius 2 is 1.67 bits per heavy atom. The van der Waals surface area contributed by atoms with Crippen molar-refractivity contribution in [2.45, 2.75) is 62.6 Å². The summed E-state index contributed by atoms with van der Waals surface area (Å²) in [6, 6.07) is 1.91. The summed E-state index contributed by atoms with van der Waals surface area (Å²) in [6.45, 7) is 9.23. The van der Waals surface area contributed by atoms with Crippen molar-refractivity contribution in [3.05, 3.63) is 24.4 Å². The smallest absolute Gasteiger partial charge is 0.245 e. The van der Waals surface area contributed by atoms with Crippen LogP contribution in [0.5, 0.6) is 0 Å². The molecule has 5 nitrogen and oxygen atoms in total. The van der Waals surface area contributed by atoms with E-state index < -0.39 is 47.3 Å². The van der Waals surface area contributed by atoms with Gasteiger partial charge in [-0.1, -0.05) is 26.8 Å². The van der Waals surface area contributed by atoms with E-state index in [1.807, 2.05) is 0 Å². The van der Waals surface area contributed by atoms with Gasteiger partial charge in [-0.05, 0) is 38.3 Å². The maximum Gasteiger partial charge on any atom is 0.367 e. The number of aromatic nitrogens is 1. The molecule has 1 N–H and O–H groups in total. The van der Waals surface area contributed by atoms with Crippen LogP contribution in [0.3, 0.4) is 0 Å². The summed E-state index contributed by atoms with van der Waals surface area (Å²) in [7, 11) is -6.92. The largest absolute Gasteiger partial charge is 0.367 e. The molecule has 0 aliphatic rings. The minimum atomic E-state index is -5.05. The predicted octanol–water partition coefficient (Wildman–Crippen LogP) is 2.91. The maximum atomic E-state index is 15.0. The summed E-state index contributed by atoms with van der Waals surface area (Å²) in [5, 5.41) is -4.91. The molecule has 0 spiro atoms. The van der Waals surface area contributed by atoms with E-state index in [1.54, 1.807) is 20.8 Å². The van der Waals surface area contributed by atoms with Crippen LogP contribution in [-0.2, 0) is 20.8 Å². The van der Waals surface area contributed by atoms with Gasteiger partial charge in [0.15, 0.2) is 5.03 Å². The van der Waals surface area contributed by atoms with E-state index in [4.69, 9.17) is 0 Å². The van der Waals surface area contributed by atoms with Gasteiger partial charge in [-0.25, -0.2) is 22.3 Å². The van der Waals surface area contributed by atoms with Crippen LogP contribution in [0.2, 0.25) is 0 Å². The van der Waals surface area contributed by atoms with Crippen LogP contribution in [0.15, 0.2) is 29.4 Å². The number of sulfone groups is 1. The van der Waals surface area contributed by atoms with Crippen molar-refractivity contribution >= 4 is 20.8 Å². The van der Waals surface area contributed by atoms with Crippen LogP contribution in [0.4, 0.5) is 8.78 Å². The van der Waals surface area contributed by atoms with Crippen molar-refractivity contribution in [3.8, 4) is 0 Å². The number of pyridine rings is 1. The summed E-state index contributed by atoms with van der Waals surface area (Å²) >= 11 is 0. The van der Waals surface area contributed by atoms with Gasteiger partial charge in [0.25, 0.3) is 9.84 Å². The van der Waals surface area contributed by atoms with Crippen molar-refractivity contribution in [3.63, 3.8) is 0 Å². The van der Waals surface area contributed by atoms with Crippen LogP contribution < -0.4 is 4.72 Å². The summed E-state index contributed by atoms with van der Waals surface area (Å²) < 4.78 is 68.6. The van der Waals surface area contributed by atoms with Crippen molar-refractivity contribution in [2.75, 3.05) is 0 Å². The SMILES string of the molecule is CC(C)(C)[C@H](NS(=O)C(C)(C)C)C(F)(F)S(=O)(=O)c1ccccn1. The number of halogens is 2. The van der Waals surface area contributed by atoms with Gasteiger partial charge in [0.2, 0.25) is 0 Å². The van der Waals surface area contributed by atoms with Crippen molar-refractivity contribution in [2.24, 2.45) is 5.41 Å². The first-order valence-electron chi connectivity index (χ1n) is 7.33. The van der Waals surface area contributed by atoms with Gasteiger partial charge in [-0.2, -0.15) is 8.78 Å². The van der Waals surface area contributed by atoms with E-state index in [2.05, 4.69) is 9.71 Å². The lowest BCUT2D eigenvalue weighted by Crippen LogP contribution is -2.58. The Bertz CT molecular complexity index is 694. The average Bonchev–Trinajstić information content (AvgIpc) is 2.42. The molecular weight excluding hydrogens is 358 g/mol. The minimum Gasteiger partial charge on any atom is -0.245 e. The highest BCUT2D eigenvalue weighted by Crippen LogP contribution is 2.39. The van der Waals surface area contributed by atoms with E-state index in [-0.39, 0.29) is 0 Å². The highest BCUT2D eigenvalue weighted by Gasteiger charge is 2.58. The molecule has 0 saturated heterocycles. The molecule has 24 heavy (non-hydrogen) atoms. The van der Waals surface area contributed by atoms with Crippen LogP contribution >= 0.6 is 0 Å². The molecule has 2 atom stereocenters. The normalized spacial score (nSPS) is 16.7. The fourth-order valence-electron chi connectivity index (χ4n) is 1.83. The quantitative estimate of drug-likeness (QED) is 0.850. The van der Waals surface area contributed by atoms with Gasteiger partial charge in [-0.15, -0.1) is 0 Å². The molecule has 1 heterocycles. The summed E-state index contributed by atoms with van der Waals surface area (Å²) in [5.41, 5.74) is -1.17. The lowest BCUT2D eigenvalue weighted by molar-refractivity contribution is 0.0129. The topological polar surface area (TPSA) is 76.1 Å². The van der Waals surface area contributed by atoms with Crippen LogP contribution in [0, 0.1) is 5.41 Å². The Balaban J connectivity index is 3.39. The zero-order valence-corrected chi connectivity index (χ0v) is 16.3. The van der Waals surface area contributed by atoms with Gasteiger partial charge < -0.3 is 0 Å². The Labute approximate surface area is 144 Å². The highest BCUT2D eigenvalue weighted by molar-refractivity contribution is 7.92. The standard InChI is InChI=1S/C15H24F2N2O3S2/c1-13(2,3)12(19-23(20)14(4,5)6)15(16,17)24(21,22)11-9-7-8-10-18-11/h7-10,12,19H,1-6H3/t12-,23?/m0/s1. The molecule has 0 amide bonds. The molecule has 1 unspecified atom stereocenters. The molecule has 0 saturated carbocycles. The first-order valence-corrected chi connectivity index (χ1v) is 9.96. The molecule has 0 bridgehead atoms. The minimum absolute atomic E-state index is 0.715. The van der Waals surface area contributed by atoms with Gasteiger partial charge in [-0.3, -0.25) is 0 Å². The second-order valence-electron chi connectivity index (χ2n) is 7.53. The van der Waals surface area contributed by atoms with Crippen molar-refractivity contribution in [1.82, 2.24) is 9.71 Å². The van der Waals surface area contributed by atoms with E-state index in [0.717, 1.165) is 12.3 Å². The summed E-state index contributed by atoms with van der Waals surface area (Å²) in [4.78, 5) is 3.54. The second-order valence-corrected chi connectivity index (χ2v) is 11.5. The first kappa shape index (κ1) is 21.1. The zero-order valence-electron chi connectivity index (χ0n) is 14.6. The Kier molecular flexibility index (Phi) is 5.95. The third-order valence-corrected chi connectivity index (χ3v) is 6.56. The highest BCUT2D eigenvalue weighted by atomic mass is 32.2. The van der Waals surface area contributed by atoms with Crippen LogP contribution in [0.1, 0.15) is 41.5 Å². The fourth-order valence-corrected chi connectivity index (χ4v) is 4.44. The van der Waals surface area contributed by atoms with Crippen molar-refractivity contribution < 1.29 is 21.4 Å². The number of alkyl halides is 2. The van der Waals surface area contributed by atoms with Crippen LogP contribution in [0.25, 0.3) is 0 Å². The van der Waals surface area contributed by atoms with Crippen molar-refractivity contribution in [1.29, 1.82) is 0 Å². The van der Waals surface area contributed by atoms with Gasteiger partial charge in [0, 0.05) is 6.20 Å². The molecular formula is C15H24F2N2O3S2.